The van der Waals surface area contributed by atoms with Crippen LogP contribution in [0.3, 0.4) is 0 Å². The van der Waals surface area contributed by atoms with Gasteiger partial charge in [-0.3, -0.25) is 0 Å². The van der Waals surface area contributed by atoms with E-state index in [1.165, 1.54) is 6.07 Å². The van der Waals surface area contributed by atoms with Gasteiger partial charge in [0.1, 0.15) is 0 Å². The second-order valence-corrected chi connectivity index (χ2v) is 6.45. The maximum Gasteiger partial charge on any atom is 0.416 e. The van der Waals surface area contributed by atoms with Crippen LogP contribution in [0.2, 0.25) is 0 Å². The van der Waals surface area contributed by atoms with Crippen molar-refractivity contribution >= 4 is 29.9 Å². The number of alkyl halides is 3. The zero-order chi connectivity index (χ0) is 18.4. The van der Waals surface area contributed by atoms with Gasteiger partial charge in [-0.2, -0.15) is 13.2 Å². The Hall–Kier alpha value is -1.03. The van der Waals surface area contributed by atoms with Crippen LogP contribution in [0.1, 0.15) is 31.9 Å². The summed E-state index contributed by atoms with van der Waals surface area (Å²) in [6.45, 7) is 7.65. The molecule has 0 spiro atoms. The molecule has 1 aromatic carbocycles. The van der Waals surface area contributed by atoms with Crippen molar-refractivity contribution in [2.45, 2.75) is 39.0 Å². The average molecular weight is 472 g/mol. The van der Waals surface area contributed by atoms with Crippen molar-refractivity contribution in [3.63, 3.8) is 0 Å². The molecule has 0 aliphatic heterocycles. The monoisotopic (exact) mass is 472 g/mol. The van der Waals surface area contributed by atoms with Crippen LogP contribution >= 0.6 is 24.0 Å². The number of nitrogens with zero attached hydrogens (tertiary/aromatic N) is 2. The molecule has 0 saturated carbocycles. The highest BCUT2D eigenvalue weighted by Crippen LogP contribution is 2.29. The predicted molar refractivity (Wildman–Crippen MR) is 107 cm³/mol. The Morgan fingerprint density at radius 1 is 1.16 bits per heavy atom. The number of likely N-dealkylation sites (N-methyl/N-ethyl adjacent to an activating group) is 1. The summed E-state index contributed by atoms with van der Waals surface area (Å²) in [5.74, 6) is 0.588. The molecule has 0 fully saturated rings. The van der Waals surface area contributed by atoms with Gasteiger partial charge in [0, 0.05) is 18.6 Å². The van der Waals surface area contributed by atoms with Crippen LogP contribution in [0, 0.1) is 0 Å². The minimum Gasteiger partial charge on any atom is -0.357 e. The molecule has 8 heteroatoms. The molecule has 0 unspecified atom stereocenters. The predicted octanol–water partition coefficient (Wildman–Crippen LogP) is 3.72. The highest BCUT2D eigenvalue weighted by molar-refractivity contribution is 14.0. The fourth-order valence-corrected chi connectivity index (χ4v) is 1.82. The first-order chi connectivity index (χ1) is 11.1. The molecule has 1 rings (SSSR count). The molecule has 0 atom stereocenters. The summed E-state index contributed by atoms with van der Waals surface area (Å²) in [7, 11) is 3.99. The third-order valence-corrected chi connectivity index (χ3v) is 3.92. The van der Waals surface area contributed by atoms with Crippen LogP contribution < -0.4 is 10.6 Å². The first-order valence-corrected chi connectivity index (χ1v) is 7.92. The van der Waals surface area contributed by atoms with Crippen LogP contribution in [0.25, 0.3) is 0 Å². The van der Waals surface area contributed by atoms with Gasteiger partial charge >= 0.3 is 6.18 Å². The van der Waals surface area contributed by atoms with Crippen molar-refractivity contribution in [1.82, 2.24) is 15.5 Å². The molecular formula is C17H28F3IN4. The van der Waals surface area contributed by atoms with Crippen LogP contribution in [0.15, 0.2) is 29.3 Å². The van der Waals surface area contributed by atoms with E-state index in [-0.39, 0.29) is 36.1 Å². The fraction of sp³-hybridized carbons (Fsp3) is 0.588. The van der Waals surface area contributed by atoms with Gasteiger partial charge in [-0.1, -0.05) is 12.1 Å². The molecule has 2 N–H and O–H groups in total. The van der Waals surface area contributed by atoms with E-state index in [0.29, 0.717) is 24.6 Å². The molecule has 4 nitrogen and oxygen atoms in total. The summed E-state index contributed by atoms with van der Waals surface area (Å²) >= 11 is 0. The van der Waals surface area contributed by atoms with E-state index in [0.717, 1.165) is 12.1 Å². The van der Waals surface area contributed by atoms with E-state index in [9.17, 15) is 13.2 Å². The highest BCUT2D eigenvalue weighted by Gasteiger charge is 2.30. The molecule has 1 aromatic rings. The van der Waals surface area contributed by atoms with E-state index >= 15 is 0 Å². The number of benzene rings is 1. The maximum atomic E-state index is 12.7. The van der Waals surface area contributed by atoms with Gasteiger partial charge in [0.05, 0.1) is 12.1 Å². The van der Waals surface area contributed by atoms with E-state index in [1.807, 2.05) is 21.0 Å². The Morgan fingerprint density at radius 2 is 1.80 bits per heavy atom. The molecule has 144 valence electrons. The van der Waals surface area contributed by atoms with E-state index in [2.05, 4.69) is 34.4 Å². The number of rotatable bonds is 6. The zero-order valence-corrected chi connectivity index (χ0v) is 17.7. The lowest BCUT2D eigenvalue weighted by atomic mass is 10.0. The largest absolute Gasteiger partial charge is 0.416 e. The molecule has 0 aliphatic carbocycles. The normalized spacial score (nSPS) is 12.8. The third-order valence-electron chi connectivity index (χ3n) is 3.92. The quantitative estimate of drug-likeness (QED) is 0.377. The van der Waals surface area contributed by atoms with Crippen molar-refractivity contribution in [2.75, 3.05) is 27.2 Å². The summed E-state index contributed by atoms with van der Waals surface area (Å²) in [6, 6.07) is 5.25. The molecule has 0 aromatic heterocycles. The number of nitrogens with one attached hydrogen (secondary N) is 2. The van der Waals surface area contributed by atoms with Gasteiger partial charge in [-0.25, -0.2) is 4.99 Å². The summed E-state index contributed by atoms with van der Waals surface area (Å²) in [4.78, 5) is 6.47. The Morgan fingerprint density at radius 3 is 2.32 bits per heavy atom. The fourth-order valence-electron chi connectivity index (χ4n) is 1.82. The molecule has 25 heavy (non-hydrogen) atoms. The SMILES string of the molecule is CCNC(=NCc1cccc(C(F)(F)F)c1)NCC(C)(C)N(C)C.I. The molecule has 0 amide bonds. The number of guanidine groups is 1. The van der Waals surface area contributed by atoms with Crippen LogP contribution in [0.4, 0.5) is 13.2 Å². The lowest BCUT2D eigenvalue weighted by molar-refractivity contribution is -0.137. The van der Waals surface area contributed by atoms with Gasteiger partial charge in [-0.05, 0) is 52.6 Å². The minimum atomic E-state index is -4.34. The smallest absolute Gasteiger partial charge is 0.357 e. The summed E-state index contributed by atoms with van der Waals surface area (Å²) in [6.07, 6.45) is -4.34. The van der Waals surface area contributed by atoms with Crippen molar-refractivity contribution in [3.05, 3.63) is 35.4 Å². The molecule has 0 heterocycles. The number of hydrogen-bond donors (Lipinski definition) is 2. The first-order valence-electron chi connectivity index (χ1n) is 7.92. The Labute approximate surface area is 165 Å². The summed E-state index contributed by atoms with van der Waals surface area (Å²) in [5.41, 5.74) is -0.206. The van der Waals surface area contributed by atoms with E-state index in [4.69, 9.17) is 0 Å². The maximum absolute atomic E-state index is 12.7. The van der Waals surface area contributed by atoms with E-state index in [1.54, 1.807) is 6.07 Å². The van der Waals surface area contributed by atoms with Crippen molar-refractivity contribution < 1.29 is 13.2 Å². The molecule has 0 saturated heterocycles. The van der Waals surface area contributed by atoms with Crippen molar-refractivity contribution in [2.24, 2.45) is 4.99 Å². The lowest BCUT2D eigenvalue weighted by Crippen LogP contribution is -2.50. The van der Waals surface area contributed by atoms with Crippen molar-refractivity contribution in [3.8, 4) is 0 Å². The molecule has 0 aliphatic rings. The lowest BCUT2D eigenvalue weighted by Gasteiger charge is -2.33. The van der Waals surface area contributed by atoms with Gasteiger partial charge < -0.3 is 15.5 Å². The molecule has 0 bridgehead atoms. The van der Waals surface area contributed by atoms with Gasteiger partial charge in [-0.15, -0.1) is 24.0 Å². The second kappa shape index (κ2) is 10.2. The number of hydrogen-bond acceptors (Lipinski definition) is 2. The minimum absolute atomic E-state index is 0. The van der Waals surface area contributed by atoms with E-state index < -0.39 is 11.7 Å². The zero-order valence-electron chi connectivity index (χ0n) is 15.4. The third kappa shape index (κ3) is 8.26. The van der Waals surface area contributed by atoms with Crippen LogP contribution in [-0.2, 0) is 12.7 Å². The molecule has 0 radical (unpaired) electrons. The highest BCUT2D eigenvalue weighted by atomic mass is 127. The molecular weight excluding hydrogens is 444 g/mol. The number of aliphatic imine (C=N–C) groups is 1. The van der Waals surface area contributed by atoms with Crippen molar-refractivity contribution in [1.29, 1.82) is 0 Å². The Bertz CT molecular complexity index is 557. The number of halogens is 4. The van der Waals surface area contributed by atoms with Gasteiger partial charge in [0.2, 0.25) is 0 Å². The topological polar surface area (TPSA) is 39.7 Å². The first kappa shape index (κ1) is 24.0. The second-order valence-electron chi connectivity index (χ2n) is 6.45. The summed E-state index contributed by atoms with van der Waals surface area (Å²) in [5, 5.41) is 6.34. The Balaban J connectivity index is 0.00000576. The van der Waals surface area contributed by atoms with Crippen LogP contribution in [0.5, 0.6) is 0 Å². The average Bonchev–Trinajstić information content (AvgIpc) is 2.49. The summed E-state index contributed by atoms with van der Waals surface area (Å²) < 4.78 is 38.2. The Kier molecular flexibility index (Phi) is 9.78. The van der Waals surface area contributed by atoms with Crippen LogP contribution in [-0.4, -0.2) is 43.6 Å². The van der Waals surface area contributed by atoms with Gasteiger partial charge in [0.15, 0.2) is 5.96 Å². The standard InChI is InChI=1S/C17H27F3N4.HI/c1-6-21-15(23-12-16(2,3)24(4)5)22-11-13-8-7-9-14(10-13)17(18,19)20;/h7-10H,6,11-12H2,1-5H3,(H2,21,22,23);1H. The van der Waals surface area contributed by atoms with Gasteiger partial charge in [0.25, 0.3) is 0 Å².